The predicted molar refractivity (Wildman–Crippen MR) is 74.3 cm³/mol. The standard InChI is InChI=1S/C15H21N2O/c1-6-8-9-18-15-14(12(3)17(4)5)10-13(7-2)11-16-15/h2,10-11H,6,8-9H2,1,3-5H3. The molecule has 18 heavy (non-hydrogen) atoms. The molecule has 0 saturated carbocycles. The molecule has 0 aliphatic heterocycles. The van der Waals surface area contributed by atoms with Crippen LogP contribution in [0.5, 0.6) is 5.88 Å². The van der Waals surface area contributed by atoms with E-state index in [1.54, 1.807) is 6.20 Å². The van der Waals surface area contributed by atoms with Gasteiger partial charge in [0.25, 0.3) is 0 Å². The lowest BCUT2D eigenvalue weighted by Crippen LogP contribution is -2.19. The molecule has 3 nitrogen and oxygen atoms in total. The van der Waals surface area contributed by atoms with Crippen molar-refractivity contribution in [1.82, 2.24) is 9.88 Å². The fraction of sp³-hybridized carbons (Fsp3) is 0.467. The first kappa shape index (κ1) is 14.5. The van der Waals surface area contributed by atoms with Crippen molar-refractivity contribution in [2.45, 2.75) is 26.7 Å². The molecule has 0 bridgehead atoms. The van der Waals surface area contributed by atoms with Gasteiger partial charge in [0.05, 0.1) is 12.6 Å². The van der Waals surface area contributed by atoms with E-state index in [9.17, 15) is 0 Å². The van der Waals surface area contributed by atoms with E-state index in [1.807, 2.05) is 32.0 Å². The van der Waals surface area contributed by atoms with Crippen molar-refractivity contribution in [3.05, 3.63) is 29.4 Å². The molecule has 0 fully saturated rings. The van der Waals surface area contributed by atoms with Crippen LogP contribution in [0.15, 0.2) is 12.3 Å². The minimum atomic E-state index is 0.661. The summed E-state index contributed by atoms with van der Waals surface area (Å²) in [4.78, 5) is 6.34. The molecule has 1 aromatic heterocycles. The first-order valence-electron chi connectivity index (χ1n) is 6.20. The Hall–Kier alpha value is -1.53. The Bertz CT molecular complexity index is 421. The maximum atomic E-state index is 5.72. The number of rotatable bonds is 6. The summed E-state index contributed by atoms with van der Waals surface area (Å²) in [6.45, 7) is 4.85. The second kappa shape index (κ2) is 7.03. The Kier molecular flexibility index (Phi) is 5.67. The van der Waals surface area contributed by atoms with Crippen LogP contribution in [-0.4, -0.2) is 30.6 Å². The predicted octanol–water partition coefficient (Wildman–Crippen LogP) is 2.70. The van der Waals surface area contributed by atoms with E-state index in [-0.39, 0.29) is 0 Å². The summed E-state index contributed by atoms with van der Waals surface area (Å²) < 4.78 is 5.72. The molecular weight excluding hydrogens is 224 g/mol. The molecular formula is C15H21N2O. The van der Waals surface area contributed by atoms with Gasteiger partial charge in [-0.3, -0.25) is 4.90 Å². The third-order valence-corrected chi connectivity index (χ3v) is 2.82. The van der Waals surface area contributed by atoms with E-state index in [2.05, 4.69) is 17.8 Å². The SMILES string of the molecule is C#Cc1cnc(OCCCC)c([C](C)N(C)C)c1. The van der Waals surface area contributed by atoms with Crippen LogP contribution in [0.4, 0.5) is 0 Å². The number of unbranched alkanes of at least 4 members (excludes halogenated alkanes) is 1. The van der Waals surface area contributed by atoms with Crippen LogP contribution in [0.1, 0.15) is 37.8 Å². The molecule has 1 heterocycles. The van der Waals surface area contributed by atoms with Crippen LogP contribution >= 0.6 is 0 Å². The number of ether oxygens (including phenoxy) is 1. The molecule has 0 saturated heterocycles. The average Bonchev–Trinajstić information content (AvgIpc) is 2.38. The molecule has 0 spiro atoms. The van der Waals surface area contributed by atoms with Gasteiger partial charge < -0.3 is 4.74 Å². The molecule has 3 heteroatoms. The van der Waals surface area contributed by atoms with Gasteiger partial charge in [-0.1, -0.05) is 19.3 Å². The Labute approximate surface area is 110 Å². The maximum Gasteiger partial charge on any atom is 0.218 e. The first-order chi connectivity index (χ1) is 8.60. The number of pyridine rings is 1. The Morgan fingerprint density at radius 3 is 2.78 bits per heavy atom. The lowest BCUT2D eigenvalue weighted by atomic mass is 10.1. The lowest BCUT2D eigenvalue weighted by Gasteiger charge is -2.21. The number of terminal acetylenes is 1. The van der Waals surface area contributed by atoms with Gasteiger partial charge in [0.1, 0.15) is 0 Å². The van der Waals surface area contributed by atoms with Gasteiger partial charge >= 0.3 is 0 Å². The molecule has 1 aromatic rings. The zero-order valence-corrected chi connectivity index (χ0v) is 11.7. The highest BCUT2D eigenvalue weighted by Gasteiger charge is 2.16. The first-order valence-corrected chi connectivity index (χ1v) is 6.20. The molecule has 0 atom stereocenters. The van der Waals surface area contributed by atoms with Gasteiger partial charge in [-0.25, -0.2) is 4.98 Å². The van der Waals surface area contributed by atoms with Crippen molar-refractivity contribution in [3.63, 3.8) is 0 Å². The molecule has 1 rings (SSSR count). The topological polar surface area (TPSA) is 25.4 Å². The van der Waals surface area contributed by atoms with E-state index in [4.69, 9.17) is 11.2 Å². The van der Waals surface area contributed by atoms with Crippen LogP contribution in [0.25, 0.3) is 0 Å². The highest BCUT2D eigenvalue weighted by molar-refractivity contribution is 5.44. The van der Waals surface area contributed by atoms with Crippen molar-refractivity contribution >= 4 is 0 Å². The molecule has 0 aliphatic rings. The van der Waals surface area contributed by atoms with Gasteiger partial charge in [0.2, 0.25) is 5.88 Å². The average molecular weight is 245 g/mol. The quantitative estimate of drug-likeness (QED) is 0.569. The van der Waals surface area contributed by atoms with Crippen LogP contribution in [-0.2, 0) is 0 Å². The second-order valence-corrected chi connectivity index (χ2v) is 4.40. The van der Waals surface area contributed by atoms with Crippen molar-refractivity contribution in [2.24, 2.45) is 0 Å². The molecule has 0 unspecified atom stereocenters. The zero-order chi connectivity index (χ0) is 13.5. The number of aromatic nitrogens is 1. The summed E-state index contributed by atoms with van der Waals surface area (Å²) in [5.74, 6) is 3.27. The van der Waals surface area contributed by atoms with E-state index in [0.29, 0.717) is 12.5 Å². The molecule has 97 valence electrons. The summed E-state index contributed by atoms with van der Waals surface area (Å²) in [6, 6.07) is 3.04. The van der Waals surface area contributed by atoms with Gasteiger partial charge in [0.15, 0.2) is 0 Å². The number of hydrogen-bond acceptors (Lipinski definition) is 3. The van der Waals surface area contributed by atoms with E-state index < -0.39 is 0 Å². The third kappa shape index (κ3) is 3.75. The van der Waals surface area contributed by atoms with Gasteiger partial charge in [-0.15, -0.1) is 6.42 Å². The van der Waals surface area contributed by atoms with Crippen LogP contribution in [0.3, 0.4) is 0 Å². The van der Waals surface area contributed by atoms with Crippen LogP contribution < -0.4 is 4.74 Å². The van der Waals surface area contributed by atoms with Crippen molar-refractivity contribution in [3.8, 4) is 18.2 Å². The van der Waals surface area contributed by atoms with E-state index >= 15 is 0 Å². The van der Waals surface area contributed by atoms with Crippen molar-refractivity contribution in [2.75, 3.05) is 20.7 Å². The highest BCUT2D eigenvalue weighted by Crippen LogP contribution is 2.26. The van der Waals surface area contributed by atoms with Crippen molar-refractivity contribution in [1.29, 1.82) is 0 Å². The fourth-order valence-corrected chi connectivity index (χ4v) is 1.46. The Morgan fingerprint density at radius 2 is 2.22 bits per heavy atom. The van der Waals surface area contributed by atoms with Crippen LogP contribution in [0.2, 0.25) is 0 Å². The van der Waals surface area contributed by atoms with Crippen molar-refractivity contribution < 1.29 is 4.74 Å². The largest absolute Gasteiger partial charge is 0.477 e. The molecule has 0 aromatic carbocycles. The fourth-order valence-electron chi connectivity index (χ4n) is 1.46. The minimum absolute atomic E-state index is 0.661. The maximum absolute atomic E-state index is 5.72. The van der Waals surface area contributed by atoms with Gasteiger partial charge in [-0.05, 0) is 33.5 Å². The third-order valence-electron chi connectivity index (χ3n) is 2.82. The monoisotopic (exact) mass is 245 g/mol. The molecule has 1 radical (unpaired) electrons. The zero-order valence-electron chi connectivity index (χ0n) is 11.7. The smallest absolute Gasteiger partial charge is 0.218 e. The van der Waals surface area contributed by atoms with Gasteiger partial charge in [0, 0.05) is 17.3 Å². The molecule has 0 N–H and O–H groups in total. The summed E-state index contributed by atoms with van der Waals surface area (Å²) in [5.41, 5.74) is 1.74. The number of hydrogen-bond donors (Lipinski definition) is 0. The number of nitrogens with zero attached hydrogens (tertiary/aromatic N) is 2. The minimum Gasteiger partial charge on any atom is -0.477 e. The molecule has 0 amide bonds. The summed E-state index contributed by atoms with van der Waals surface area (Å²) in [7, 11) is 3.99. The summed E-state index contributed by atoms with van der Waals surface area (Å²) in [6.07, 6.45) is 9.22. The van der Waals surface area contributed by atoms with Crippen LogP contribution in [0, 0.1) is 18.4 Å². The highest BCUT2D eigenvalue weighted by atomic mass is 16.5. The summed E-state index contributed by atoms with van der Waals surface area (Å²) >= 11 is 0. The Morgan fingerprint density at radius 1 is 1.50 bits per heavy atom. The van der Waals surface area contributed by atoms with E-state index in [0.717, 1.165) is 30.0 Å². The second-order valence-electron chi connectivity index (χ2n) is 4.40. The Balaban J connectivity index is 2.97. The van der Waals surface area contributed by atoms with E-state index in [1.165, 1.54) is 0 Å². The summed E-state index contributed by atoms with van der Waals surface area (Å²) in [5, 5.41) is 0. The lowest BCUT2D eigenvalue weighted by molar-refractivity contribution is 0.291. The van der Waals surface area contributed by atoms with Gasteiger partial charge in [-0.2, -0.15) is 0 Å². The molecule has 0 aliphatic carbocycles. The normalized spacial score (nSPS) is 10.7.